The second-order valence-electron chi connectivity index (χ2n) is 6.66. The lowest BCUT2D eigenvalue weighted by molar-refractivity contribution is -0.146. The van der Waals surface area contributed by atoms with Gasteiger partial charge in [-0.15, -0.1) is 0 Å². The lowest BCUT2D eigenvalue weighted by atomic mass is 10.0. The average Bonchev–Trinajstić information content (AvgIpc) is 2.77. The summed E-state index contributed by atoms with van der Waals surface area (Å²) in [6.45, 7) is 0. The molecule has 0 aliphatic carbocycles. The average molecular weight is 433 g/mol. The first-order valence-electron chi connectivity index (χ1n) is 9.13. The summed E-state index contributed by atoms with van der Waals surface area (Å²) in [6, 6.07) is 9.42. The molecule has 0 fully saturated rings. The zero-order valence-electron chi connectivity index (χ0n) is 16.3. The van der Waals surface area contributed by atoms with Crippen LogP contribution in [0.3, 0.4) is 0 Å². The summed E-state index contributed by atoms with van der Waals surface area (Å²) in [7, 11) is 1.14. The number of nitrogens with one attached hydrogen (secondary N) is 1. The molecule has 1 aromatic heterocycles. The van der Waals surface area contributed by atoms with Crippen molar-refractivity contribution in [2.45, 2.75) is 24.7 Å². The number of aromatic nitrogens is 2. The highest BCUT2D eigenvalue weighted by molar-refractivity contribution is 5.87. The zero-order chi connectivity index (χ0) is 22.6. The highest BCUT2D eigenvalue weighted by atomic mass is 19.4. The van der Waals surface area contributed by atoms with E-state index in [0.717, 1.165) is 31.4 Å². The second kappa shape index (κ2) is 9.09. The van der Waals surface area contributed by atoms with Gasteiger partial charge in [-0.1, -0.05) is 24.3 Å². The van der Waals surface area contributed by atoms with Crippen molar-refractivity contribution in [3.63, 3.8) is 0 Å². The number of halogens is 3. The number of amides is 1. The first-order chi connectivity index (χ1) is 14.7. The van der Waals surface area contributed by atoms with E-state index in [1.54, 1.807) is 24.3 Å². The van der Waals surface area contributed by atoms with Crippen molar-refractivity contribution in [1.82, 2.24) is 15.3 Å². The van der Waals surface area contributed by atoms with E-state index in [4.69, 9.17) is 4.74 Å². The van der Waals surface area contributed by atoms with E-state index in [9.17, 15) is 27.9 Å². The van der Waals surface area contributed by atoms with E-state index in [2.05, 4.69) is 15.3 Å². The van der Waals surface area contributed by atoms with Gasteiger partial charge in [0.2, 0.25) is 0 Å². The topological polar surface area (TPSA) is 101 Å². The molecule has 1 heterocycles. The number of hydrogen-bond donors (Lipinski definition) is 2. The van der Waals surface area contributed by atoms with Gasteiger partial charge in [-0.05, 0) is 29.8 Å². The molecule has 1 amide bonds. The molecule has 3 rings (SSSR count). The standard InChI is InChI=1S/C21H18F3N3O4/c1-31-20(30)17(10-14-11-25-15-4-2-3-5-16(15)26-14)27-19(29)18(28)12-6-8-13(9-7-12)21(22,23)24/h2-9,11,17-18,28H,10H2,1H3,(H,27,29)/t17-,18-/m1/s1. The quantitative estimate of drug-likeness (QED) is 0.580. The van der Waals surface area contributed by atoms with Crippen LogP contribution < -0.4 is 5.32 Å². The lowest BCUT2D eigenvalue weighted by Gasteiger charge is -2.19. The summed E-state index contributed by atoms with van der Waals surface area (Å²) < 4.78 is 42.7. The molecule has 0 saturated heterocycles. The molecule has 2 aromatic carbocycles. The summed E-state index contributed by atoms with van der Waals surface area (Å²) in [6.07, 6.45) is -4.92. The largest absolute Gasteiger partial charge is 0.467 e. The number of aliphatic hydroxyl groups is 1. The Balaban J connectivity index is 1.75. The van der Waals surface area contributed by atoms with Crippen LogP contribution in [0.4, 0.5) is 13.2 Å². The number of rotatable bonds is 6. The van der Waals surface area contributed by atoms with Crippen LogP contribution in [0, 0.1) is 0 Å². The SMILES string of the molecule is COC(=O)[C@@H](Cc1cnc2ccccc2n1)NC(=O)[C@H](O)c1ccc(C(F)(F)F)cc1. The smallest absolute Gasteiger partial charge is 0.416 e. The molecule has 0 bridgehead atoms. The number of carbonyl (C=O) groups excluding carboxylic acids is 2. The number of methoxy groups -OCH3 is 1. The first kappa shape index (κ1) is 22.2. The van der Waals surface area contributed by atoms with Gasteiger partial charge in [-0.25, -0.2) is 9.78 Å². The number of nitrogens with zero attached hydrogens (tertiary/aromatic N) is 2. The normalized spacial score (nSPS) is 13.5. The number of ether oxygens (including phenoxy) is 1. The molecule has 7 nitrogen and oxygen atoms in total. The maximum Gasteiger partial charge on any atom is 0.416 e. The Morgan fingerprint density at radius 2 is 1.74 bits per heavy atom. The molecule has 0 spiro atoms. The first-order valence-corrected chi connectivity index (χ1v) is 9.13. The fourth-order valence-electron chi connectivity index (χ4n) is 2.89. The molecule has 0 radical (unpaired) electrons. The maximum atomic E-state index is 12.7. The van der Waals surface area contributed by atoms with Crippen molar-refractivity contribution in [2.24, 2.45) is 0 Å². The van der Waals surface area contributed by atoms with Crippen LogP contribution in [-0.2, 0) is 26.9 Å². The van der Waals surface area contributed by atoms with Crippen LogP contribution in [0.15, 0.2) is 54.7 Å². The number of carbonyl (C=O) groups is 2. The molecule has 3 aromatic rings. The Kier molecular flexibility index (Phi) is 6.50. The van der Waals surface area contributed by atoms with Crippen LogP contribution in [0.2, 0.25) is 0 Å². The van der Waals surface area contributed by atoms with Gasteiger partial charge in [0.1, 0.15) is 6.04 Å². The predicted octanol–water partition coefficient (Wildman–Crippen LogP) is 2.58. The fourth-order valence-corrected chi connectivity index (χ4v) is 2.89. The number of alkyl halides is 3. The third kappa shape index (κ3) is 5.34. The monoisotopic (exact) mass is 433 g/mol. The summed E-state index contributed by atoms with van der Waals surface area (Å²) in [5.74, 6) is -1.74. The molecule has 0 saturated carbocycles. The molecule has 162 valence electrons. The van der Waals surface area contributed by atoms with Gasteiger partial charge in [-0.2, -0.15) is 13.2 Å². The highest BCUT2D eigenvalue weighted by Gasteiger charge is 2.31. The molecular weight excluding hydrogens is 415 g/mol. The summed E-state index contributed by atoms with van der Waals surface area (Å²) in [4.78, 5) is 33.2. The van der Waals surface area contributed by atoms with Crippen LogP contribution in [0.5, 0.6) is 0 Å². The number of hydrogen-bond acceptors (Lipinski definition) is 6. The summed E-state index contributed by atoms with van der Waals surface area (Å²) in [5, 5.41) is 12.6. The van der Waals surface area contributed by atoms with E-state index >= 15 is 0 Å². The molecule has 0 unspecified atom stereocenters. The Morgan fingerprint density at radius 3 is 2.35 bits per heavy atom. The lowest BCUT2D eigenvalue weighted by Crippen LogP contribution is -2.45. The molecule has 0 aliphatic rings. The Labute approximate surface area is 174 Å². The summed E-state index contributed by atoms with van der Waals surface area (Å²) >= 11 is 0. The number of benzene rings is 2. The van der Waals surface area contributed by atoms with E-state index in [0.29, 0.717) is 16.7 Å². The van der Waals surface area contributed by atoms with Crippen molar-refractivity contribution in [3.05, 3.63) is 71.5 Å². The number of para-hydroxylation sites is 2. The van der Waals surface area contributed by atoms with Crippen LogP contribution in [-0.4, -0.2) is 40.1 Å². The van der Waals surface area contributed by atoms with Gasteiger partial charge in [0.15, 0.2) is 6.10 Å². The molecule has 0 aliphatic heterocycles. The second-order valence-corrected chi connectivity index (χ2v) is 6.66. The van der Waals surface area contributed by atoms with Crippen molar-refractivity contribution in [2.75, 3.05) is 7.11 Å². The highest BCUT2D eigenvalue weighted by Crippen LogP contribution is 2.30. The van der Waals surface area contributed by atoms with Gasteiger partial charge in [0.25, 0.3) is 5.91 Å². The number of fused-ring (bicyclic) bond motifs is 1. The predicted molar refractivity (Wildman–Crippen MR) is 104 cm³/mol. The minimum absolute atomic E-state index is 0.0559. The van der Waals surface area contributed by atoms with Crippen molar-refractivity contribution >= 4 is 22.9 Å². The van der Waals surface area contributed by atoms with Gasteiger partial charge >= 0.3 is 12.1 Å². The minimum Gasteiger partial charge on any atom is -0.467 e. The van der Waals surface area contributed by atoms with Crippen molar-refractivity contribution in [1.29, 1.82) is 0 Å². The summed E-state index contributed by atoms with van der Waals surface area (Å²) in [5.41, 5.74) is 0.687. The van der Waals surface area contributed by atoms with E-state index in [1.807, 2.05) is 0 Å². The van der Waals surface area contributed by atoms with Crippen LogP contribution in [0.25, 0.3) is 11.0 Å². The van der Waals surface area contributed by atoms with Gasteiger partial charge < -0.3 is 15.2 Å². The Bertz CT molecular complexity index is 1090. The number of esters is 1. The Morgan fingerprint density at radius 1 is 1.10 bits per heavy atom. The van der Waals surface area contributed by atoms with E-state index in [-0.39, 0.29) is 12.0 Å². The third-order valence-electron chi connectivity index (χ3n) is 4.52. The minimum atomic E-state index is -4.54. The van der Waals surface area contributed by atoms with E-state index < -0.39 is 35.8 Å². The zero-order valence-corrected chi connectivity index (χ0v) is 16.3. The third-order valence-corrected chi connectivity index (χ3v) is 4.52. The van der Waals surface area contributed by atoms with Crippen molar-refractivity contribution in [3.8, 4) is 0 Å². The van der Waals surface area contributed by atoms with Crippen LogP contribution in [0.1, 0.15) is 22.9 Å². The van der Waals surface area contributed by atoms with Crippen molar-refractivity contribution < 1.29 is 32.6 Å². The van der Waals surface area contributed by atoms with E-state index in [1.165, 1.54) is 6.20 Å². The number of aliphatic hydroxyl groups excluding tert-OH is 1. The Hall–Kier alpha value is -3.53. The fraction of sp³-hybridized carbons (Fsp3) is 0.238. The molecule has 2 atom stereocenters. The molecule has 10 heteroatoms. The molecule has 31 heavy (non-hydrogen) atoms. The van der Waals surface area contributed by atoms with Gasteiger partial charge in [0, 0.05) is 12.6 Å². The van der Waals surface area contributed by atoms with Gasteiger partial charge in [-0.3, -0.25) is 9.78 Å². The maximum absolute atomic E-state index is 12.7. The van der Waals surface area contributed by atoms with Crippen LogP contribution >= 0.6 is 0 Å². The molecular formula is C21H18F3N3O4. The molecule has 2 N–H and O–H groups in total. The van der Waals surface area contributed by atoms with Gasteiger partial charge in [0.05, 0.1) is 29.4 Å².